The summed E-state index contributed by atoms with van der Waals surface area (Å²) in [5, 5.41) is 43.2. The summed E-state index contributed by atoms with van der Waals surface area (Å²) in [6.07, 6.45) is -13.2. The maximum absolute atomic E-state index is 12.6. The molecular weight excluding hydrogens is 887 g/mol. The Labute approximate surface area is 355 Å². The molecule has 5 N–H and O–H groups in total. The van der Waals surface area contributed by atoms with Crippen LogP contribution in [-0.4, -0.2) is 79.2 Å². The van der Waals surface area contributed by atoms with Crippen LogP contribution in [0.15, 0.2) is 43.0 Å². The quantitative estimate of drug-likeness (QED) is 0.0135. The third-order valence-electron chi connectivity index (χ3n) is 8.26. The number of alkyl halides is 9. The van der Waals surface area contributed by atoms with Gasteiger partial charge in [0.25, 0.3) is 0 Å². The van der Waals surface area contributed by atoms with E-state index >= 15 is 0 Å². The lowest BCUT2D eigenvalue weighted by molar-refractivity contribution is -0.221. The number of hydrogen-bond donors (Lipinski definition) is 4. The number of amidine groups is 1. The van der Waals surface area contributed by atoms with Crippen LogP contribution in [0.4, 0.5) is 39.5 Å². The molecule has 0 bridgehead atoms. The Bertz CT molecular complexity index is 2400. The van der Waals surface area contributed by atoms with Crippen molar-refractivity contribution in [1.82, 2.24) is 20.5 Å². The van der Waals surface area contributed by atoms with Crippen LogP contribution in [0.5, 0.6) is 23.0 Å². The van der Waals surface area contributed by atoms with Crippen LogP contribution in [0.2, 0.25) is 0 Å². The molecule has 0 saturated heterocycles. The second kappa shape index (κ2) is 21.4. The van der Waals surface area contributed by atoms with E-state index < -0.39 is 36.4 Å². The number of phenolic OH excluding ortho intramolecular Hbond substituents is 2. The van der Waals surface area contributed by atoms with Crippen molar-refractivity contribution >= 4 is 17.8 Å². The number of ether oxygens (including phenoxy) is 3. The molecule has 17 nitrogen and oxygen atoms in total. The highest BCUT2D eigenvalue weighted by Gasteiger charge is 2.49. The first-order chi connectivity index (χ1) is 29.6. The summed E-state index contributed by atoms with van der Waals surface area (Å²) >= 11 is 0. The van der Waals surface area contributed by atoms with Gasteiger partial charge in [-0.1, -0.05) is 20.6 Å². The van der Waals surface area contributed by atoms with Gasteiger partial charge in [0.2, 0.25) is 5.82 Å². The molecule has 0 aliphatic rings. The first-order valence-corrected chi connectivity index (χ1v) is 18.2. The molecule has 0 aliphatic carbocycles. The highest BCUT2D eigenvalue weighted by Crippen LogP contribution is 2.40. The van der Waals surface area contributed by atoms with Gasteiger partial charge >= 0.3 is 36.4 Å². The zero-order valence-electron chi connectivity index (χ0n) is 34.4. The minimum atomic E-state index is -5.62. The number of halogens is 9. The largest absolute Gasteiger partial charge is 0.507 e. The minimum absolute atomic E-state index is 0.0405. The number of nitrogens with zero attached hydrogens (tertiary/aromatic N) is 5. The molecule has 0 radical (unpaired) electrons. The Morgan fingerprint density at radius 1 is 0.688 bits per heavy atom. The van der Waals surface area contributed by atoms with Crippen molar-refractivity contribution in [3.05, 3.63) is 80.9 Å². The molecule has 5 aromatic rings. The number of aromatic hydroxyl groups is 2. The molecule has 0 unspecified atom stereocenters. The molecule has 0 spiro atoms. The Morgan fingerprint density at radius 2 is 1.14 bits per heavy atom. The third-order valence-corrected chi connectivity index (χ3v) is 8.26. The number of rotatable bonds is 12. The van der Waals surface area contributed by atoms with Gasteiger partial charge in [-0.15, -0.1) is 0 Å². The van der Waals surface area contributed by atoms with Gasteiger partial charge in [0.1, 0.15) is 34.5 Å². The first-order valence-electron chi connectivity index (χ1n) is 18.2. The van der Waals surface area contributed by atoms with Crippen molar-refractivity contribution < 1.29 is 92.3 Å². The van der Waals surface area contributed by atoms with E-state index in [1.807, 2.05) is 32.9 Å². The van der Waals surface area contributed by atoms with E-state index in [1.165, 1.54) is 6.07 Å². The minimum Gasteiger partial charge on any atom is -0.507 e. The van der Waals surface area contributed by atoms with Crippen LogP contribution in [-0.2, 0) is 33.3 Å². The number of benzene rings is 2. The van der Waals surface area contributed by atoms with Crippen molar-refractivity contribution in [2.24, 2.45) is 10.9 Å². The molecule has 2 aromatic carbocycles. The van der Waals surface area contributed by atoms with Crippen molar-refractivity contribution in [3.63, 3.8) is 0 Å². The van der Waals surface area contributed by atoms with E-state index in [1.54, 1.807) is 26.8 Å². The highest BCUT2D eigenvalue weighted by molar-refractivity contribution is 6.00. The fraction of sp³-hybridized carbons (Fsp3) is 0.395. The van der Waals surface area contributed by atoms with Crippen LogP contribution in [0, 0.1) is 41.5 Å². The summed E-state index contributed by atoms with van der Waals surface area (Å²) in [5.74, 6) is -6.03. The Balaban J connectivity index is 0.000000273. The first kappa shape index (κ1) is 51.3. The average molecular weight is 927 g/mol. The lowest BCUT2D eigenvalue weighted by Crippen LogP contribution is -2.34. The monoisotopic (exact) mass is 926 g/mol. The molecule has 0 amide bonds. The maximum Gasteiger partial charge on any atom is 0.491 e. The molecule has 64 heavy (non-hydrogen) atoms. The van der Waals surface area contributed by atoms with Gasteiger partial charge in [-0.05, 0) is 77.6 Å². The molecule has 5 rings (SSSR count). The number of phenols is 2. The molecule has 0 aliphatic heterocycles. The van der Waals surface area contributed by atoms with Gasteiger partial charge in [-0.2, -0.15) is 44.5 Å². The van der Waals surface area contributed by atoms with E-state index in [9.17, 15) is 59.3 Å². The molecule has 3 aromatic heterocycles. The van der Waals surface area contributed by atoms with Crippen molar-refractivity contribution in [2.45, 2.75) is 85.8 Å². The second-order valence-corrected chi connectivity index (χ2v) is 13.4. The summed E-state index contributed by atoms with van der Waals surface area (Å²) in [6.45, 7) is 11.4. The number of aryl methyl sites for hydroxylation is 6. The number of esters is 2. The molecule has 0 atom stereocenters. The second-order valence-electron chi connectivity index (χ2n) is 13.4. The molecule has 0 saturated carbocycles. The zero-order valence-corrected chi connectivity index (χ0v) is 34.4. The number of nitrogens with two attached hydrogens (primary N) is 1. The number of aromatic nitrogens is 4. The van der Waals surface area contributed by atoms with Gasteiger partial charge in [0.05, 0.1) is 35.7 Å². The predicted molar refractivity (Wildman–Crippen MR) is 199 cm³/mol. The zero-order chi connectivity index (χ0) is 48.3. The molecule has 350 valence electrons. The number of carbonyl (C=O) groups excluding carboxylic acids is 2. The summed E-state index contributed by atoms with van der Waals surface area (Å²) in [5.41, 5.74) is 9.90. The molecule has 0 fully saturated rings. The third kappa shape index (κ3) is 14.3. The Morgan fingerprint density at radius 3 is 1.53 bits per heavy atom. The van der Waals surface area contributed by atoms with Crippen LogP contribution in [0.1, 0.15) is 69.5 Å². The summed E-state index contributed by atoms with van der Waals surface area (Å²) in [6, 6.07) is 6.83. The molecule has 3 heterocycles. The normalized spacial score (nSPS) is 11.9. The summed E-state index contributed by atoms with van der Waals surface area (Å²) in [7, 11) is 0. The Hall–Kier alpha value is -7.02. The van der Waals surface area contributed by atoms with Crippen LogP contribution < -0.4 is 15.2 Å². The van der Waals surface area contributed by atoms with Crippen molar-refractivity contribution in [1.29, 1.82) is 0 Å². The SMILES string of the molecule is Cc1cc(CCCOc2c(C)cc(-c3noc(C(F)(F)F)n3)c(O)c2C)on1.Cc1cc(CCCOc2c(C)cc(/C(N)=N/O)c(O)c2C)on1.O=C(OC(=O)C(F)(F)F)C(F)(F)F. The fourth-order valence-corrected chi connectivity index (χ4v) is 5.33. The fourth-order valence-electron chi connectivity index (χ4n) is 5.33. The maximum atomic E-state index is 12.6. The number of carbonyl (C=O) groups is 2. The Kier molecular flexibility index (Phi) is 17.1. The molecular formula is C38H39F9N6O11. The highest BCUT2D eigenvalue weighted by atomic mass is 19.4. The summed E-state index contributed by atoms with van der Waals surface area (Å²) in [4.78, 5) is 22.6. The van der Waals surface area contributed by atoms with Gasteiger partial charge in [-0.3, -0.25) is 0 Å². The van der Waals surface area contributed by atoms with E-state index in [-0.39, 0.29) is 34.3 Å². The van der Waals surface area contributed by atoms with Crippen LogP contribution in [0.3, 0.4) is 0 Å². The van der Waals surface area contributed by atoms with Gasteiger partial charge in [0.15, 0.2) is 5.84 Å². The van der Waals surface area contributed by atoms with Crippen molar-refractivity contribution in [2.75, 3.05) is 13.2 Å². The average Bonchev–Trinajstić information content (AvgIpc) is 3.98. The van der Waals surface area contributed by atoms with E-state index in [0.29, 0.717) is 54.2 Å². The van der Waals surface area contributed by atoms with E-state index in [0.717, 1.165) is 41.3 Å². The smallest absolute Gasteiger partial charge is 0.491 e. The van der Waals surface area contributed by atoms with Crippen LogP contribution in [0.25, 0.3) is 11.4 Å². The van der Waals surface area contributed by atoms with E-state index in [4.69, 9.17) is 29.5 Å². The molecule has 26 heteroatoms. The standard InChI is InChI=1S/C18H18F3N3O4.C16H21N3O4.C4F6O3/c1-9-7-13(16-22-17(28-24-16)18(19,20)21)14(25)11(3)15(9)26-6-4-5-12-8-10(2)23-27-12;1-9-7-13(16(17)18-21)14(20)11(3)15(9)22-6-4-5-12-8-10(2)19-23-12;5-3(6,7)1(11)13-2(12)4(8,9)10/h7-8,25H,4-6H2,1-3H3;7-8,20-21H,4-6H2,1-3H3,(H2,17,18);. The lowest BCUT2D eigenvalue weighted by atomic mass is 10.0. The summed E-state index contributed by atoms with van der Waals surface area (Å²) < 4.78 is 134. The van der Waals surface area contributed by atoms with Crippen molar-refractivity contribution in [3.8, 4) is 34.4 Å². The number of hydrogen-bond acceptors (Lipinski definition) is 16. The topological polar surface area (TPSA) is 252 Å². The van der Waals surface area contributed by atoms with Gasteiger partial charge in [0, 0.05) is 36.1 Å². The lowest BCUT2D eigenvalue weighted by Gasteiger charge is -2.15. The predicted octanol–water partition coefficient (Wildman–Crippen LogP) is 7.98. The van der Waals surface area contributed by atoms with Gasteiger partial charge < -0.3 is 48.9 Å². The number of oxime groups is 1. The van der Waals surface area contributed by atoms with E-state index in [2.05, 4.69) is 34.9 Å². The van der Waals surface area contributed by atoms with Gasteiger partial charge in [-0.25, -0.2) is 9.59 Å². The van der Waals surface area contributed by atoms with Crippen LogP contribution >= 0.6 is 0 Å².